The number of imide groups is 1. The summed E-state index contributed by atoms with van der Waals surface area (Å²) in [5, 5.41) is 1.96. The third-order valence-electron chi connectivity index (χ3n) is 4.17. The second-order valence-electron chi connectivity index (χ2n) is 5.82. The highest BCUT2D eigenvalue weighted by Crippen LogP contribution is 2.34. The Hall–Kier alpha value is -2.85. The van der Waals surface area contributed by atoms with Crippen molar-refractivity contribution in [3.63, 3.8) is 0 Å². The van der Waals surface area contributed by atoms with Gasteiger partial charge in [-0.15, -0.1) is 0 Å². The number of nitrogens with zero attached hydrogens (tertiary/aromatic N) is 1. The van der Waals surface area contributed by atoms with E-state index in [1.807, 2.05) is 78.9 Å². The van der Waals surface area contributed by atoms with Gasteiger partial charge in [0.15, 0.2) is 0 Å². The summed E-state index contributed by atoms with van der Waals surface area (Å²) >= 11 is 1.00. The van der Waals surface area contributed by atoms with Gasteiger partial charge in [-0.2, -0.15) is 0 Å². The fraction of sp³-hybridized carbons (Fsp3) is 0.0476. The number of benzene rings is 3. The van der Waals surface area contributed by atoms with E-state index in [1.54, 1.807) is 0 Å². The van der Waals surface area contributed by atoms with Crippen molar-refractivity contribution < 1.29 is 9.59 Å². The molecule has 3 nitrogen and oxygen atoms in total. The fourth-order valence-electron chi connectivity index (χ4n) is 2.92. The Bertz CT molecular complexity index is 990. The van der Waals surface area contributed by atoms with Gasteiger partial charge in [0.05, 0.1) is 11.4 Å². The molecule has 1 aliphatic heterocycles. The van der Waals surface area contributed by atoms with Crippen LogP contribution in [-0.2, 0) is 11.3 Å². The first-order chi connectivity index (χ1) is 12.2. The highest BCUT2D eigenvalue weighted by molar-refractivity contribution is 8.18. The van der Waals surface area contributed by atoms with E-state index in [9.17, 15) is 9.59 Å². The van der Waals surface area contributed by atoms with E-state index in [1.165, 1.54) is 4.90 Å². The zero-order valence-corrected chi connectivity index (χ0v) is 14.2. The van der Waals surface area contributed by atoms with Gasteiger partial charge in [-0.05, 0) is 39.7 Å². The molecule has 0 N–H and O–H groups in total. The number of thioether (sulfide) groups is 1. The minimum Gasteiger partial charge on any atom is -0.268 e. The molecule has 0 radical (unpaired) electrons. The monoisotopic (exact) mass is 345 g/mol. The van der Waals surface area contributed by atoms with Gasteiger partial charge in [0.25, 0.3) is 11.1 Å². The molecule has 1 aliphatic rings. The van der Waals surface area contributed by atoms with Gasteiger partial charge in [-0.3, -0.25) is 14.5 Å². The average Bonchev–Trinajstić information content (AvgIpc) is 2.90. The molecule has 122 valence electrons. The molecule has 4 rings (SSSR count). The van der Waals surface area contributed by atoms with Crippen LogP contribution in [0.3, 0.4) is 0 Å². The highest BCUT2D eigenvalue weighted by atomic mass is 32.2. The Labute approximate surface area is 150 Å². The summed E-state index contributed by atoms with van der Waals surface area (Å²) in [6.45, 7) is 0.304. The lowest BCUT2D eigenvalue weighted by molar-refractivity contribution is -0.123. The number of amides is 2. The second-order valence-corrected chi connectivity index (χ2v) is 6.82. The molecule has 3 aromatic carbocycles. The predicted molar refractivity (Wildman–Crippen MR) is 102 cm³/mol. The van der Waals surface area contributed by atoms with Crippen molar-refractivity contribution in [1.29, 1.82) is 0 Å². The van der Waals surface area contributed by atoms with Crippen LogP contribution in [0.5, 0.6) is 0 Å². The number of carbonyl (C=O) groups is 2. The first kappa shape index (κ1) is 15.7. The SMILES string of the molecule is O=C1S/C(=C/c2cccc3ccccc23)C(=O)N1Cc1ccccc1. The summed E-state index contributed by atoms with van der Waals surface area (Å²) < 4.78 is 0. The molecular formula is C21H15NO2S. The van der Waals surface area contributed by atoms with Gasteiger partial charge in [0.2, 0.25) is 0 Å². The molecule has 25 heavy (non-hydrogen) atoms. The number of fused-ring (bicyclic) bond motifs is 1. The van der Waals surface area contributed by atoms with Crippen molar-refractivity contribution in [3.8, 4) is 0 Å². The largest absolute Gasteiger partial charge is 0.293 e. The average molecular weight is 345 g/mol. The maximum atomic E-state index is 12.7. The van der Waals surface area contributed by atoms with E-state index in [0.29, 0.717) is 11.4 Å². The van der Waals surface area contributed by atoms with Gasteiger partial charge in [-0.1, -0.05) is 72.8 Å². The minimum absolute atomic E-state index is 0.222. The van der Waals surface area contributed by atoms with Crippen molar-refractivity contribution in [2.75, 3.05) is 0 Å². The van der Waals surface area contributed by atoms with Gasteiger partial charge < -0.3 is 0 Å². The summed E-state index contributed by atoms with van der Waals surface area (Å²) in [5.74, 6) is -0.230. The van der Waals surface area contributed by atoms with Crippen molar-refractivity contribution in [1.82, 2.24) is 4.90 Å². The van der Waals surface area contributed by atoms with Gasteiger partial charge in [0, 0.05) is 0 Å². The summed E-state index contributed by atoms with van der Waals surface area (Å²) in [5.41, 5.74) is 1.89. The minimum atomic E-state index is -0.230. The van der Waals surface area contributed by atoms with E-state index in [0.717, 1.165) is 33.7 Å². The maximum absolute atomic E-state index is 12.7. The quantitative estimate of drug-likeness (QED) is 0.622. The lowest BCUT2D eigenvalue weighted by atomic mass is 10.0. The lowest BCUT2D eigenvalue weighted by Gasteiger charge is -2.12. The number of rotatable bonds is 3. The molecule has 0 saturated carbocycles. The third-order valence-corrected chi connectivity index (χ3v) is 5.07. The maximum Gasteiger partial charge on any atom is 0.293 e. The molecule has 2 amide bonds. The molecule has 0 bridgehead atoms. The van der Waals surface area contributed by atoms with Crippen LogP contribution in [-0.4, -0.2) is 16.0 Å². The lowest BCUT2D eigenvalue weighted by Crippen LogP contribution is -2.27. The third kappa shape index (κ3) is 3.08. The molecular weight excluding hydrogens is 330 g/mol. The van der Waals surface area contributed by atoms with Crippen molar-refractivity contribution in [3.05, 3.63) is 88.8 Å². The van der Waals surface area contributed by atoms with Crippen LogP contribution in [0.4, 0.5) is 4.79 Å². The Morgan fingerprint density at radius 3 is 2.40 bits per heavy atom. The smallest absolute Gasteiger partial charge is 0.268 e. The number of hydrogen-bond donors (Lipinski definition) is 0. The van der Waals surface area contributed by atoms with E-state index in [2.05, 4.69) is 0 Å². The molecule has 0 aliphatic carbocycles. The zero-order chi connectivity index (χ0) is 17.2. The Morgan fingerprint density at radius 1 is 0.840 bits per heavy atom. The van der Waals surface area contributed by atoms with E-state index in [4.69, 9.17) is 0 Å². The van der Waals surface area contributed by atoms with Crippen LogP contribution >= 0.6 is 11.8 Å². The van der Waals surface area contributed by atoms with Crippen LogP contribution in [0.1, 0.15) is 11.1 Å². The summed E-state index contributed by atoms with van der Waals surface area (Å²) in [4.78, 5) is 26.7. The summed E-state index contributed by atoms with van der Waals surface area (Å²) in [7, 11) is 0. The van der Waals surface area contributed by atoms with Crippen molar-refractivity contribution in [2.24, 2.45) is 0 Å². The highest BCUT2D eigenvalue weighted by Gasteiger charge is 2.34. The van der Waals surface area contributed by atoms with Crippen LogP contribution in [0.15, 0.2) is 77.7 Å². The molecule has 3 aromatic rings. The summed E-state index contributed by atoms with van der Waals surface area (Å²) in [6, 6.07) is 23.5. The number of hydrogen-bond acceptors (Lipinski definition) is 3. The molecule has 4 heteroatoms. The first-order valence-corrected chi connectivity index (χ1v) is 8.81. The molecule has 1 heterocycles. The van der Waals surface area contributed by atoms with Crippen LogP contribution in [0, 0.1) is 0 Å². The Kier molecular flexibility index (Phi) is 4.12. The standard InChI is InChI=1S/C21H15NO2S/c23-20-19(13-17-11-6-10-16-9-4-5-12-18(16)17)25-21(24)22(20)14-15-7-2-1-3-8-15/h1-13H,14H2/b19-13+. The summed E-state index contributed by atoms with van der Waals surface area (Å²) in [6.07, 6.45) is 1.82. The predicted octanol–water partition coefficient (Wildman–Crippen LogP) is 5.08. The molecule has 0 unspecified atom stereocenters. The van der Waals surface area contributed by atoms with Gasteiger partial charge in [0.1, 0.15) is 0 Å². The van der Waals surface area contributed by atoms with Crippen LogP contribution < -0.4 is 0 Å². The van der Waals surface area contributed by atoms with E-state index in [-0.39, 0.29) is 11.1 Å². The Balaban J connectivity index is 1.66. The first-order valence-electron chi connectivity index (χ1n) is 7.99. The van der Waals surface area contributed by atoms with Crippen LogP contribution in [0.2, 0.25) is 0 Å². The van der Waals surface area contributed by atoms with Crippen molar-refractivity contribution >= 4 is 39.8 Å². The number of carbonyl (C=O) groups excluding carboxylic acids is 2. The Morgan fingerprint density at radius 2 is 1.56 bits per heavy atom. The zero-order valence-electron chi connectivity index (χ0n) is 13.4. The van der Waals surface area contributed by atoms with E-state index < -0.39 is 0 Å². The normalized spacial score (nSPS) is 16.2. The van der Waals surface area contributed by atoms with Gasteiger partial charge in [-0.25, -0.2) is 0 Å². The second kappa shape index (κ2) is 6.57. The fourth-order valence-corrected chi connectivity index (χ4v) is 3.75. The van der Waals surface area contributed by atoms with Crippen LogP contribution in [0.25, 0.3) is 16.8 Å². The molecule has 1 fully saturated rings. The topological polar surface area (TPSA) is 37.4 Å². The van der Waals surface area contributed by atoms with E-state index >= 15 is 0 Å². The molecule has 0 atom stereocenters. The van der Waals surface area contributed by atoms with Gasteiger partial charge >= 0.3 is 0 Å². The molecule has 0 spiro atoms. The molecule has 0 aromatic heterocycles. The van der Waals surface area contributed by atoms with Crippen molar-refractivity contribution in [2.45, 2.75) is 6.54 Å². The molecule has 1 saturated heterocycles.